The van der Waals surface area contributed by atoms with Gasteiger partial charge in [-0.1, -0.05) is 12.1 Å². The third-order valence-corrected chi connectivity index (χ3v) is 4.68. The molecule has 3 heterocycles. The zero-order valence-corrected chi connectivity index (χ0v) is 14.3. The van der Waals surface area contributed by atoms with Crippen LogP contribution in [0.3, 0.4) is 0 Å². The number of aliphatic hydroxyl groups is 1. The number of nitrogens with one attached hydrogen (secondary N) is 1. The van der Waals surface area contributed by atoms with Gasteiger partial charge in [-0.3, -0.25) is 0 Å². The van der Waals surface area contributed by atoms with Crippen LogP contribution in [-0.4, -0.2) is 66.7 Å². The van der Waals surface area contributed by atoms with E-state index >= 15 is 0 Å². The summed E-state index contributed by atoms with van der Waals surface area (Å²) in [6.07, 6.45) is 0.752. The van der Waals surface area contributed by atoms with Gasteiger partial charge in [0.25, 0.3) is 0 Å². The van der Waals surface area contributed by atoms with Gasteiger partial charge in [-0.05, 0) is 18.2 Å². The fourth-order valence-electron chi connectivity index (χ4n) is 3.29. The van der Waals surface area contributed by atoms with Crippen molar-refractivity contribution in [2.45, 2.75) is 24.4 Å². The van der Waals surface area contributed by atoms with Crippen molar-refractivity contribution in [2.24, 2.45) is 0 Å². The van der Waals surface area contributed by atoms with Gasteiger partial charge < -0.3 is 24.8 Å². The molecule has 7 heteroatoms. The molecule has 4 rings (SSSR count). The van der Waals surface area contributed by atoms with Gasteiger partial charge in [0.15, 0.2) is 0 Å². The Bertz CT molecular complexity index is 737. The molecular formula is C18H22N4O3. The van der Waals surface area contributed by atoms with Gasteiger partial charge in [0.2, 0.25) is 5.95 Å². The zero-order chi connectivity index (χ0) is 17.4. The number of benzene rings is 1. The van der Waals surface area contributed by atoms with Crippen LogP contribution in [0.4, 0.5) is 11.6 Å². The first kappa shape index (κ1) is 16.3. The largest absolute Gasteiger partial charge is 0.388 e. The minimum atomic E-state index is -0.556. The van der Waals surface area contributed by atoms with Crippen LogP contribution in [0.5, 0.6) is 0 Å². The average molecular weight is 342 g/mol. The third-order valence-electron chi connectivity index (χ3n) is 4.68. The van der Waals surface area contributed by atoms with Gasteiger partial charge in [0.1, 0.15) is 18.3 Å². The van der Waals surface area contributed by atoms with E-state index in [0.717, 1.165) is 16.9 Å². The number of aliphatic hydroxyl groups excluding tert-OH is 1. The monoisotopic (exact) mass is 342 g/mol. The SMILES string of the molecule is CN(C)c1ccc(-c2ccnc(NC3COC4C(O)COC34)n2)cc1. The summed E-state index contributed by atoms with van der Waals surface area (Å²) < 4.78 is 11.3. The molecule has 2 aliphatic heterocycles. The predicted molar refractivity (Wildman–Crippen MR) is 94.7 cm³/mol. The maximum absolute atomic E-state index is 9.82. The Balaban J connectivity index is 1.50. The molecule has 1 aromatic heterocycles. The van der Waals surface area contributed by atoms with E-state index in [9.17, 15) is 5.11 Å². The Labute approximate surface area is 146 Å². The highest BCUT2D eigenvalue weighted by Gasteiger charge is 2.47. The fraction of sp³-hybridized carbons (Fsp3) is 0.444. The Morgan fingerprint density at radius 3 is 2.60 bits per heavy atom. The van der Waals surface area contributed by atoms with Gasteiger partial charge in [0, 0.05) is 31.5 Å². The molecule has 4 unspecified atom stereocenters. The Hall–Kier alpha value is -2.22. The number of ether oxygens (including phenoxy) is 2. The van der Waals surface area contributed by atoms with Crippen molar-refractivity contribution in [3.05, 3.63) is 36.5 Å². The molecule has 132 valence electrons. The van der Waals surface area contributed by atoms with Crippen molar-refractivity contribution < 1.29 is 14.6 Å². The van der Waals surface area contributed by atoms with Crippen molar-refractivity contribution in [1.29, 1.82) is 0 Å². The van der Waals surface area contributed by atoms with Crippen LogP contribution < -0.4 is 10.2 Å². The molecular weight excluding hydrogens is 320 g/mol. The number of anilines is 2. The number of rotatable bonds is 4. The smallest absolute Gasteiger partial charge is 0.223 e. The number of nitrogens with zero attached hydrogens (tertiary/aromatic N) is 3. The Morgan fingerprint density at radius 1 is 1.08 bits per heavy atom. The molecule has 4 atom stereocenters. The molecule has 7 nitrogen and oxygen atoms in total. The summed E-state index contributed by atoms with van der Waals surface area (Å²) >= 11 is 0. The standard InChI is InChI=1S/C18H22N4O3/c1-22(2)12-5-3-11(4-6-12)13-7-8-19-18(20-13)21-14-9-24-17-15(23)10-25-16(14)17/h3-8,14-17,23H,9-10H2,1-2H3,(H,19,20,21). The maximum atomic E-state index is 9.82. The van der Waals surface area contributed by atoms with E-state index < -0.39 is 6.10 Å². The van der Waals surface area contributed by atoms with E-state index in [-0.39, 0.29) is 18.2 Å². The second-order valence-electron chi connectivity index (χ2n) is 6.62. The van der Waals surface area contributed by atoms with Crippen molar-refractivity contribution >= 4 is 11.6 Å². The maximum Gasteiger partial charge on any atom is 0.223 e. The van der Waals surface area contributed by atoms with Gasteiger partial charge >= 0.3 is 0 Å². The topological polar surface area (TPSA) is 79.7 Å². The molecule has 2 aromatic rings. The van der Waals surface area contributed by atoms with E-state index in [4.69, 9.17) is 9.47 Å². The summed E-state index contributed by atoms with van der Waals surface area (Å²) in [6, 6.07) is 10.0. The molecule has 1 aromatic carbocycles. The highest BCUT2D eigenvalue weighted by atomic mass is 16.6. The van der Waals surface area contributed by atoms with Crippen LogP contribution in [0.1, 0.15) is 0 Å². The van der Waals surface area contributed by atoms with Gasteiger partial charge in [-0.25, -0.2) is 9.97 Å². The van der Waals surface area contributed by atoms with Crippen LogP contribution in [0.2, 0.25) is 0 Å². The summed E-state index contributed by atoms with van der Waals surface area (Å²) in [6.45, 7) is 0.782. The number of hydrogen-bond donors (Lipinski definition) is 2. The van der Waals surface area contributed by atoms with Gasteiger partial charge in [-0.2, -0.15) is 0 Å². The lowest BCUT2D eigenvalue weighted by atomic mass is 10.1. The van der Waals surface area contributed by atoms with E-state index in [2.05, 4.69) is 32.3 Å². The minimum absolute atomic E-state index is 0.0616. The van der Waals surface area contributed by atoms with Crippen LogP contribution in [-0.2, 0) is 9.47 Å². The molecule has 0 spiro atoms. The predicted octanol–water partition coefficient (Wildman–Crippen LogP) is 1.15. The lowest BCUT2D eigenvalue weighted by Crippen LogP contribution is -2.36. The zero-order valence-electron chi connectivity index (χ0n) is 14.3. The second-order valence-corrected chi connectivity index (χ2v) is 6.62. The van der Waals surface area contributed by atoms with Gasteiger partial charge in [-0.15, -0.1) is 0 Å². The minimum Gasteiger partial charge on any atom is -0.388 e. The van der Waals surface area contributed by atoms with Crippen LogP contribution in [0.15, 0.2) is 36.5 Å². The normalized spacial score (nSPS) is 28.0. The van der Waals surface area contributed by atoms with Gasteiger partial charge in [0.05, 0.1) is 24.9 Å². The summed E-state index contributed by atoms with van der Waals surface area (Å²) in [5.41, 5.74) is 3.03. The number of hydrogen-bond acceptors (Lipinski definition) is 7. The Kier molecular flexibility index (Phi) is 4.29. The molecule has 2 saturated heterocycles. The quantitative estimate of drug-likeness (QED) is 0.863. The number of aromatic nitrogens is 2. The second kappa shape index (κ2) is 6.59. The van der Waals surface area contributed by atoms with Crippen molar-refractivity contribution in [2.75, 3.05) is 37.5 Å². The Morgan fingerprint density at radius 2 is 1.84 bits per heavy atom. The van der Waals surface area contributed by atoms with Crippen molar-refractivity contribution in [3.63, 3.8) is 0 Å². The van der Waals surface area contributed by atoms with E-state index in [1.165, 1.54) is 0 Å². The van der Waals surface area contributed by atoms with E-state index in [0.29, 0.717) is 19.2 Å². The molecule has 2 N–H and O–H groups in total. The molecule has 0 saturated carbocycles. The first-order chi connectivity index (χ1) is 12.1. The van der Waals surface area contributed by atoms with E-state index in [1.54, 1.807) is 6.20 Å². The van der Waals surface area contributed by atoms with Crippen LogP contribution in [0.25, 0.3) is 11.3 Å². The van der Waals surface area contributed by atoms with Crippen LogP contribution >= 0.6 is 0 Å². The molecule has 0 aliphatic carbocycles. The first-order valence-electron chi connectivity index (χ1n) is 8.40. The summed E-state index contributed by atoms with van der Waals surface area (Å²) in [4.78, 5) is 11.0. The molecule has 25 heavy (non-hydrogen) atoms. The summed E-state index contributed by atoms with van der Waals surface area (Å²) in [5.74, 6) is 0.536. The number of fused-ring (bicyclic) bond motifs is 1. The van der Waals surface area contributed by atoms with E-state index in [1.807, 2.05) is 32.3 Å². The van der Waals surface area contributed by atoms with Crippen LogP contribution in [0, 0.1) is 0 Å². The molecule has 2 fully saturated rings. The third kappa shape index (κ3) is 3.18. The summed E-state index contributed by atoms with van der Waals surface area (Å²) in [7, 11) is 4.03. The molecule has 0 radical (unpaired) electrons. The lowest BCUT2D eigenvalue weighted by Gasteiger charge is -2.17. The van der Waals surface area contributed by atoms with Crippen molar-refractivity contribution in [1.82, 2.24) is 9.97 Å². The van der Waals surface area contributed by atoms with Crippen molar-refractivity contribution in [3.8, 4) is 11.3 Å². The average Bonchev–Trinajstić information content (AvgIpc) is 3.19. The molecule has 2 aliphatic rings. The first-order valence-corrected chi connectivity index (χ1v) is 8.40. The summed E-state index contributed by atoms with van der Waals surface area (Å²) in [5, 5.41) is 13.1. The lowest BCUT2D eigenvalue weighted by molar-refractivity contribution is 0.0184. The molecule has 0 bridgehead atoms. The fourth-order valence-corrected chi connectivity index (χ4v) is 3.29. The highest BCUT2D eigenvalue weighted by Crippen LogP contribution is 2.29. The highest BCUT2D eigenvalue weighted by molar-refractivity contribution is 5.63. The molecule has 0 amide bonds.